The number of benzene rings is 2. The summed E-state index contributed by atoms with van der Waals surface area (Å²) < 4.78 is 34.4. The molecule has 2 aromatic heterocycles. The van der Waals surface area contributed by atoms with E-state index in [9.17, 15) is 18.4 Å². The maximum absolute atomic E-state index is 13.5. The van der Waals surface area contributed by atoms with Gasteiger partial charge in [-0.1, -0.05) is 23.9 Å². The number of carbonyl (C=O) groups excluding carboxylic acids is 1. The van der Waals surface area contributed by atoms with E-state index in [4.69, 9.17) is 4.74 Å². The van der Waals surface area contributed by atoms with Crippen LogP contribution in [-0.2, 0) is 0 Å². The van der Waals surface area contributed by atoms with Gasteiger partial charge in [0.05, 0.1) is 18.6 Å². The van der Waals surface area contributed by atoms with Crippen LogP contribution in [0.5, 0.6) is 5.75 Å². The molecule has 0 saturated carbocycles. The summed E-state index contributed by atoms with van der Waals surface area (Å²) in [5.41, 5.74) is 0.101. The number of Topliss-reactive ketones (excluding diaryl/α,β-unsaturated/α-hetero) is 1. The van der Waals surface area contributed by atoms with E-state index in [-0.39, 0.29) is 22.9 Å². The Hall–Kier alpha value is -3.53. The van der Waals surface area contributed by atoms with Crippen molar-refractivity contribution < 1.29 is 18.3 Å². The molecule has 0 bridgehead atoms. The fourth-order valence-electron chi connectivity index (χ4n) is 2.81. The molecular formula is C20H14F2N4O3S. The van der Waals surface area contributed by atoms with Crippen molar-refractivity contribution in [3.63, 3.8) is 0 Å². The van der Waals surface area contributed by atoms with Gasteiger partial charge in [0.2, 0.25) is 5.65 Å². The van der Waals surface area contributed by atoms with E-state index in [1.54, 1.807) is 24.3 Å². The molecule has 0 spiro atoms. The van der Waals surface area contributed by atoms with Crippen LogP contribution < -0.4 is 10.3 Å². The number of ether oxygens (including phenoxy) is 1. The highest BCUT2D eigenvalue weighted by molar-refractivity contribution is 7.99. The summed E-state index contributed by atoms with van der Waals surface area (Å²) in [6.45, 7) is 0. The third kappa shape index (κ3) is 3.69. The maximum Gasteiger partial charge on any atom is 0.300 e. The Balaban J connectivity index is 1.59. The fraction of sp³-hybridized carbons (Fsp3) is 0.100. The Morgan fingerprint density at radius 3 is 2.70 bits per heavy atom. The number of fused-ring (bicyclic) bond motifs is 1. The standard InChI is InChI=1S/C20H14F2N4O3S/c1-29-14-4-2-3-12(9-14)17(27)11-30-20-24-23-18-19(28)25(7-8-26(18)20)13-5-6-15(21)16(22)10-13/h2-10H,11H2,1H3. The lowest BCUT2D eigenvalue weighted by molar-refractivity contribution is 0.102. The van der Waals surface area contributed by atoms with Crippen molar-refractivity contribution in [2.75, 3.05) is 12.9 Å². The monoisotopic (exact) mass is 428 g/mol. The highest BCUT2D eigenvalue weighted by atomic mass is 32.2. The smallest absolute Gasteiger partial charge is 0.300 e. The number of aromatic nitrogens is 4. The van der Waals surface area contributed by atoms with E-state index >= 15 is 0 Å². The van der Waals surface area contributed by atoms with Gasteiger partial charge in [-0.25, -0.2) is 8.78 Å². The molecule has 152 valence electrons. The van der Waals surface area contributed by atoms with Gasteiger partial charge >= 0.3 is 5.56 Å². The largest absolute Gasteiger partial charge is 0.497 e. The SMILES string of the molecule is COc1cccc(C(=O)CSc2nnc3c(=O)n(-c4ccc(F)c(F)c4)ccn23)c1. The first-order valence-electron chi connectivity index (χ1n) is 8.70. The number of thioether (sulfide) groups is 1. The van der Waals surface area contributed by atoms with Crippen molar-refractivity contribution in [2.45, 2.75) is 5.16 Å². The summed E-state index contributed by atoms with van der Waals surface area (Å²) in [6.07, 6.45) is 2.93. The molecule has 0 aliphatic carbocycles. The summed E-state index contributed by atoms with van der Waals surface area (Å²) in [5, 5.41) is 8.21. The van der Waals surface area contributed by atoms with Crippen LogP contribution in [0.15, 0.2) is 64.8 Å². The molecule has 4 rings (SSSR count). The van der Waals surface area contributed by atoms with Gasteiger partial charge in [-0.2, -0.15) is 0 Å². The molecule has 7 nitrogen and oxygen atoms in total. The maximum atomic E-state index is 13.5. The van der Waals surface area contributed by atoms with Crippen LogP contribution in [0.3, 0.4) is 0 Å². The fourth-order valence-corrected chi connectivity index (χ4v) is 3.62. The zero-order chi connectivity index (χ0) is 21.3. The number of carbonyl (C=O) groups is 1. The molecule has 0 N–H and O–H groups in total. The van der Waals surface area contributed by atoms with Crippen LogP contribution in [0.2, 0.25) is 0 Å². The lowest BCUT2D eigenvalue weighted by Gasteiger charge is -2.07. The van der Waals surface area contributed by atoms with Crippen LogP contribution >= 0.6 is 11.8 Å². The number of hydrogen-bond donors (Lipinski definition) is 0. The Morgan fingerprint density at radius 1 is 1.10 bits per heavy atom. The molecule has 0 saturated heterocycles. The molecule has 2 heterocycles. The third-order valence-corrected chi connectivity index (χ3v) is 5.29. The van der Waals surface area contributed by atoms with Crippen LogP contribution in [0, 0.1) is 11.6 Å². The number of hydrogen-bond acceptors (Lipinski definition) is 6. The first kappa shape index (κ1) is 19.8. The Bertz CT molecular complexity index is 1320. The minimum absolute atomic E-state index is 0.00133. The molecule has 0 fully saturated rings. The quantitative estimate of drug-likeness (QED) is 0.347. The lowest BCUT2D eigenvalue weighted by Crippen LogP contribution is -2.20. The molecule has 0 atom stereocenters. The van der Waals surface area contributed by atoms with Crippen molar-refractivity contribution in [2.24, 2.45) is 0 Å². The molecule has 0 amide bonds. The number of halogens is 2. The molecule has 0 aliphatic rings. The average molecular weight is 428 g/mol. The van der Waals surface area contributed by atoms with Crippen molar-refractivity contribution in [1.29, 1.82) is 0 Å². The first-order valence-corrected chi connectivity index (χ1v) is 9.68. The molecule has 0 radical (unpaired) electrons. The topological polar surface area (TPSA) is 78.5 Å². The Morgan fingerprint density at radius 2 is 1.93 bits per heavy atom. The summed E-state index contributed by atoms with van der Waals surface area (Å²) in [6, 6.07) is 9.95. The normalized spacial score (nSPS) is 11.0. The Labute approximate surface area is 172 Å². The van der Waals surface area contributed by atoms with Crippen LogP contribution in [-0.4, -0.2) is 37.8 Å². The lowest BCUT2D eigenvalue weighted by atomic mass is 10.1. The highest BCUT2D eigenvalue weighted by Gasteiger charge is 2.15. The highest BCUT2D eigenvalue weighted by Crippen LogP contribution is 2.20. The zero-order valence-corrected chi connectivity index (χ0v) is 16.4. The molecule has 2 aromatic carbocycles. The van der Waals surface area contributed by atoms with E-state index < -0.39 is 17.2 Å². The van der Waals surface area contributed by atoms with Crippen LogP contribution in [0.4, 0.5) is 8.78 Å². The molecule has 0 unspecified atom stereocenters. The molecule has 30 heavy (non-hydrogen) atoms. The van der Waals surface area contributed by atoms with Gasteiger partial charge < -0.3 is 4.74 Å². The molecule has 10 heteroatoms. The molecule has 4 aromatic rings. The summed E-state index contributed by atoms with van der Waals surface area (Å²) in [4.78, 5) is 25.1. The summed E-state index contributed by atoms with van der Waals surface area (Å²) in [7, 11) is 1.52. The number of methoxy groups -OCH3 is 1. The van der Waals surface area contributed by atoms with Crippen molar-refractivity contribution in [3.05, 3.63) is 82.4 Å². The summed E-state index contributed by atoms with van der Waals surface area (Å²) in [5.74, 6) is -1.54. The van der Waals surface area contributed by atoms with Crippen LogP contribution in [0.1, 0.15) is 10.4 Å². The van der Waals surface area contributed by atoms with Crippen molar-refractivity contribution in [3.8, 4) is 11.4 Å². The van der Waals surface area contributed by atoms with Crippen molar-refractivity contribution >= 4 is 23.2 Å². The molecular weight excluding hydrogens is 414 g/mol. The van der Waals surface area contributed by atoms with E-state index in [2.05, 4.69) is 10.2 Å². The van der Waals surface area contributed by atoms with Gasteiger partial charge in [0.1, 0.15) is 5.75 Å². The number of nitrogens with zero attached hydrogens (tertiary/aromatic N) is 4. The van der Waals surface area contributed by atoms with E-state index in [1.165, 1.54) is 30.0 Å². The Kier molecular flexibility index (Phi) is 5.32. The zero-order valence-electron chi connectivity index (χ0n) is 15.6. The van der Waals surface area contributed by atoms with Gasteiger partial charge in [0.15, 0.2) is 22.6 Å². The van der Waals surface area contributed by atoms with Gasteiger partial charge in [0.25, 0.3) is 0 Å². The first-order chi connectivity index (χ1) is 14.5. The summed E-state index contributed by atoms with van der Waals surface area (Å²) >= 11 is 1.13. The minimum Gasteiger partial charge on any atom is -0.497 e. The van der Waals surface area contributed by atoms with Gasteiger partial charge in [-0.15, -0.1) is 10.2 Å². The van der Waals surface area contributed by atoms with Crippen molar-refractivity contribution in [1.82, 2.24) is 19.2 Å². The van der Waals surface area contributed by atoms with Gasteiger partial charge in [-0.3, -0.25) is 18.6 Å². The minimum atomic E-state index is -1.06. The number of ketones is 1. The molecule has 0 aliphatic heterocycles. The van der Waals surface area contributed by atoms with E-state index in [0.29, 0.717) is 16.5 Å². The second kappa shape index (κ2) is 8.07. The van der Waals surface area contributed by atoms with E-state index in [1.807, 2.05) is 0 Å². The number of rotatable bonds is 6. The van der Waals surface area contributed by atoms with Crippen LogP contribution in [0.25, 0.3) is 11.3 Å². The third-order valence-electron chi connectivity index (χ3n) is 4.34. The average Bonchev–Trinajstić information content (AvgIpc) is 3.18. The predicted molar refractivity (Wildman–Crippen MR) is 107 cm³/mol. The van der Waals surface area contributed by atoms with Gasteiger partial charge in [0, 0.05) is 24.0 Å². The second-order valence-corrected chi connectivity index (χ2v) is 7.13. The van der Waals surface area contributed by atoms with Gasteiger partial charge in [-0.05, 0) is 24.3 Å². The second-order valence-electron chi connectivity index (χ2n) is 6.19. The van der Waals surface area contributed by atoms with E-state index in [0.717, 1.165) is 28.5 Å². The predicted octanol–water partition coefficient (Wildman–Crippen LogP) is 3.14.